The fraction of sp³-hybridized carbons (Fsp3) is 0.714. The summed E-state index contributed by atoms with van der Waals surface area (Å²) in [5, 5.41) is -1.42. The molecule has 0 radical (unpaired) electrons. The van der Waals surface area contributed by atoms with Crippen molar-refractivity contribution >= 4 is 59.8 Å². The number of carbonyl (C=O) groups is 2. The molecule has 0 spiro atoms. The first-order chi connectivity index (χ1) is 10.1. The molecule has 7 nitrogen and oxygen atoms in total. The first-order valence-electron chi connectivity index (χ1n) is 7.12. The van der Waals surface area contributed by atoms with E-state index in [1.807, 2.05) is 6.92 Å². The molecule has 1 N–H and O–H groups in total. The predicted molar refractivity (Wildman–Crippen MR) is 88.8 cm³/mol. The van der Waals surface area contributed by atoms with Gasteiger partial charge in [-0.05, 0) is 20.3 Å². The first kappa shape index (κ1) is 25.1. The maximum atomic E-state index is 11.8. The van der Waals surface area contributed by atoms with Crippen LogP contribution in [-0.4, -0.2) is 80.1 Å². The summed E-state index contributed by atoms with van der Waals surface area (Å²) >= 11 is 0. The summed E-state index contributed by atoms with van der Waals surface area (Å²) in [5.41, 5.74) is 0. The van der Waals surface area contributed by atoms with Crippen molar-refractivity contribution in [3.05, 3.63) is 12.7 Å². The van der Waals surface area contributed by atoms with Crippen LogP contribution < -0.4 is 0 Å². The Bertz CT molecular complexity index is 499. The van der Waals surface area contributed by atoms with Gasteiger partial charge in [-0.1, -0.05) is 26.3 Å². The van der Waals surface area contributed by atoms with Gasteiger partial charge in [-0.25, -0.2) is 4.79 Å². The van der Waals surface area contributed by atoms with E-state index in [1.54, 1.807) is 0 Å². The fourth-order valence-corrected chi connectivity index (χ4v) is 2.39. The Labute approximate surface area is 170 Å². The number of unbranched alkanes of at least 4 members (excludes halogenated alkanes) is 2. The molecule has 0 amide bonds. The van der Waals surface area contributed by atoms with Gasteiger partial charge in [-0.3, -0.25) is 9.35 Å². The molecular weight excluding hydrogens is 352 g/mol. The van der Waals surface area contributed by atoms with Crippen molar-refractivity contribution in [2.45, 2.75) is 63.9 Å². The van der Waals surface area contributed by atoms with Crippen LogP contribution in [0, 0.1) is 0 Å². The Kier molecular flexibility index (Phi) is 13.4. The number of ether oxygens (including phenoxy) is 2. The zero-order chi connectivity index (χ0) is 17.3. The van der Waals surface area contributed by atoms with E-state index in [2.05, 4.69) is 6.58 Å². The van der Waals surface area contributed by atoms with Gasteiger partial charge in [0, 0.05) is 12.5 Å². The van der Waals surface area contributed by atoms with Crippen molar-refractivity contribution < 1.29 is 34.9 Å². The SMILES string of the molecule is C=CC(=O)OC(C)C(OC(=O)CCCCC)C(C)S(=O)(=O)O.[Ca+2].[H-].[H-]. The molecule has 9 heteroatoms. The second-order valence-electron chi connectivity index (χ2n) is 4.98. The molecule has 0 aromatic rings. The molecule has 23 heavy (non-hydrogen) atoms. The van der Waals surface area contributed by atoms with E-state index < -0.39 is 39.5 Å². The van der Waals surface area contributed by atoms with Crippen LogP contribution in [0.5, 0.6) is 0 Å². The minimum atomic E-state index is -4.45. The molecule has 0 aliphatic carbocycles. The molecular formula is C14H26CaO7S. The molecule has 0 bridgehead atoms. The molecule has 0 heterocycles. The molecule has 0 fully saturated rings. The smallest absolute Gasteiger partial charge is 1.00 e. The summed E-state index contributed by atoms with van der Waals surface area (Å²) in [7, 11) is -4.45. The van der Waals surface area contributed by atoms with Crippen molar-refractivity contribution in [3.8, 4) is 0 Å². The van der Waals surface area contributed by atoms with E-state index in [-0.39, 0.29) is 47.0 Å². The average molecular weight is 378 g/mol. The quantitative estimate of drug-likeness (QED) is 0.203. The van der Waals surface area contributed by atoms with E-state index in [1.165, 1.54) is 13.8 Å². The molecule has 0 saturated heterocycles. The second kappa shape index (κ2) is 12.2. The molecule has 0 aromatic carbocycles. The van der Waals surface area contributed by atoms with Gasteiger partial charge in [0.2, 0.25) is 0 Å². The van der Waals surface area contributed by atoms with Crippen molar-refractivity contribution in [1.29, 1.82) is 0 Å². The van der Waals surface area contributed by atoms with Gasteiger partial charge >= 0.3 is 49.7 Å². The van der Waals surface area contributed by atoms with Crippen LogP contribution in [0.4, 0.5) is 0 Å². The van der Waals surface area contributed by atoms with Gasteiger partial charge < -0.3 is 12.3 Å². The van der Waals surface area contributed by atoms with Crippen molar-refractivity contribution in [2.24, 2.45) is 0 Å². The number of rotatable bonds is 10. The Morgan fingerprint density at radius 3 is 2.26 bits per heavy atom. The Morgan fingerprint density at radius 1 is 1.26 bits per heavy atom. The normalized spacial score (nSPS) is 14.8. The number of hydrogen-bond acceptors (Lipinski definition) is 6. The average Bonchev–Trinajstić information content (AvgIpc) is 2.42. The van der Waals surface area contributed by atoms with E-state index in [0.717, 1.165) is 18.9 Å². The maximum Gasteiger partial charge on any atom is 2.00 e. The standard InChI is InChI=1S/C14H24O7S.Ca.2H/c1-5-7-8-9-13(16)21-14(11(4)22(17,18)19)10(3)20-12(15)6-2;;;/h6,10-11,14H,2,5,7-9H2,1,3-4H3,(H,17,18,19);;;/q;+2;2*-1. The zero-order valence-electron chi connectivity index (χ0n) is 15.9. The summed E-state index contributed by atoms with van der Waals surface area (Å²) in [4.78, 5) is 23.0. The Balaban J connectivity index is -0.000000735. The fourth-order valence-electron chi connectivity index (χ4n) is 1.77. The second-order valence-corrected chi connectivity index (χ2v) is 6.75. The summed E-state index contributed by atoms with van der Waals surface area (Å²) in [6, 6.07) is 0. The topological polar surface area (TPSA) is 107 Å². The molecule has 3 atom stereocenters. The summed E-state index contributed by atoms with van der Waals surface area (Å²) in [5.74, 6) is -1.38. The Hall–Kier alpha value is -0.150. The zero-order valence-corrected chi connectivity index (χ0v) is 16.9. The third-order valence-corrected chi connectivity index (χ3v) is 4.32. The molecule has 0 rings (SSSR count). The van der Waals surface area contributed by atoms with Crippen LogP contribution in [0.2, 0.25) is 0 Å². The summed E-state index contributed by atoms with van der Waals surface area (Å²) in [6.07, 6.45) is 1.08. The van der Waals surface area contributed by atoms with Gasteiger partial charge in [-0.2, -0.15) is 8.42 Å². The molecule has 0 aliphatic rings. The van der Waals surface area contributed by atoms with Crippen LogP contribution >= 0.6 is 0 Å². The van der Waals surface area contributed by atoms with Crippen LogP contribution in [-0.2, 0) is 29.2 Å². The summed E-state index contributed by atoms with van der Waals surface area (Å²) in [6.45, 7) is 7.77. The van der Waals surface area contributed by atoms with Crippen molar-refractivity contribution in [2.75, 3.05) is 0 Å². The van der Waals surface area contributed by atoms with Gasteiger partial charge in [0.25, 0.3) is 10.1 Å². The number of esters is 2. The van der Waals surface area contributed by atoms with Gasteiger partial charge in [0.05, 0.1) is 0 Å². The van der Waals surface area contributed by atoms with E-state index in [4.69, 9.17) is 14.0 Å². The molecule has 0 aromatic heterocycles. The van der Waals surface area contributed by atoms with Crippen molar-refractivity contribution in [3.63, 3.8) is 0 Å². The maximum absolute atomic E-state index is 11.8. The molecule has 132 valence electrons. The van der Waals surface area contributed by atoms with Crippen molar-refractivity contribution in [1.82, 2.24) is 0 Å². The third kappa shape index (κ3) is 10.3. The number of carbonyl (C=O) groups excluding carboxylic acids is 2. The molecule has 3 unspecified atom stereocenters. The van der Waals surface area contributed by atoms with E-state index in [0.29, 0.717) is 6.42 Å². The van der Waals surface area contributed by atoms with Gasteiger partial charge in [0.1, 0.15) is 11.4 Å². The third-order valence-electron chi connectivity index (χ3n) is 3.12. The van der Waals surface area contributed by atoms with E-state index in [9.17, 15) is 18.0 Å². The number of hydrogen-bond donors (Lipinski definition) is 1. The van der Waals surface area contributed by atoms with Crippen LogP contribution in [0.15, 0.2) is 12.7 Å². The monoisotopic (exact) mass is 378 g/mol. The van der Waals surface area contributed by atoms with E-state index >= 15 is 0 Å². The summed E-state index contributed by atoms with van der Waals surface area (Å²) < 4.78 is 41.7. The molecule has 0 aliphatic heterocycles. The Morgan fingerprint density at radius 2 is 1.83 bits per heavy atom. The van der Waals surface area contributed by atoms with Gasteiger partial charge in [-0.15, -0.1) is 0 Å². The largest absolute Gasteiger partial charge is 2.00 e. The van der Waals surface area contributed by atoms with Crippen LogP contribution in [0.25, 0.3) is 0 Å². The van der Waals surface area contributed by atoms with Gasteiger partial charge in [0.15, 0.2) is 6.10 Å². The van der Waals surface area contributed by atoms with Crippen LogP contribution in [0.3, 0.4) is 0 Å². The minimum Gasteiger partial charge on any atom is -1.00 e. The predicted octanol–water partition coefficient (Wildman–Crippen LogP) is 1.72. The van der Waals surface area contributed by atoms with Crippen LogP contribution in [0.1, 0.15) is 49.3 Å². The molecule has 0 saturated carbocycles. The minimum absolute atomic E-state index is 0. The first-order valence-corrected chi connectivity index (χ1v) is 8.62.